The zero-order valence-electron chi connectivity index (χ0n) is 11.8. The smallest absolute Gasteiger partial charge is 0.391 e. The van der Waals surface area contributed by atoms with Crippen molar-refractivity contribution >= 4 is 24.0 Å². The normalized spacial score (nSPS) is 14.7. The van der Waals surface area contributed by atoms with E-state index in [1.165, 1.54) is 12.1 Å². The second kappa shape index (κ2) is 8.22. The average molecular weight is 346 g/mol. The molecule has 0 aromatic heterocycles. The number of aliphatic hydroxyl groups excluding tert-OH is 1. The van der Waals surface area contributed by atoms with Crippen molar-refractivity contribution < 1.29 is 18.3 Å². The van der Waals surface area contributed by atoms with Crippen LogP contribution in [0.5, 0.6) is 0 Å². The molecule has 0 spiro atoms. The Labute approximate surface area is 133 Å². The molecular formula is C14H20Cl2F3NO. The minimum absolute atomic E-state index is 0. The molecule has 7 heteroatoms. The van der Waals surface area contributed by atoms with Gasteiger partial charge in [0.15, 0.2) is 0 Å². The number of benzene rings is 1. The lowest BCUT2D eigenvalue weighted by atomic mass is 9.95. The lowest BCUT2D eigenvalue weighted by Gasteiger charge is -2.21. The molecule has 2 atom stereocenters. The minimum Gasteiger partial charge on any atom is -0.391 e. The molecule has 21 heavy (non-hydrogen) atoms. The Morgan fingerprint density at radius 1 is 1.24 bits per heavy atom. The Morgan fingerprint density at radius 3 is 2.24 bits per heavy atom. The molecule has 0 saturated carbocycles. The van der Waals surface area contributed by atoms with E-state index in [-0.39, 0.29) is 12.4 Å². The predicted octanol–water partition coefficient (Wildman–Crippen LogP) is 4.58. The number of halogens is 5. The molecule has 0 fully saturated rings. The van der Waals surface area contributed by atoms with Crippen LogP contribution < -0.4 is 5.73 Å². The molecule has 1 aromatic rings. The van der Waals surface area contributed by atoms with Gasteiger partial charge in [-0.1, -0.05) is 31.5 Å². The zero-order chi connectivity index (χ0) is 15.5. The first-order chi connectivity index (χ1) is 9.12. The molecule has 0 aliphatic carbocycles. The van der Waals surface area contributed by atoms with Crippen LogP contribution in [-0.4, -0.2) is 11.2 Å². The fourth-order valence-electron chi connectivity index (χ4n) is 1.87. The van der Waals surface area contributed by atoms with Crippen LogP contribution in [-0.2, 0) is 6.18 Å². The minimum atomic E-state index is -4.49. The van der Waals surface area contributed by atoms with E-state index in [2.05, 4.69) is 0 Å². The predicted molar refractivity (Wildman–Crippen MR) is 80.7 cm³/mol. The van der Waals surface area contributed by atoms with E-state index in [0.717, 1.165) is 12.5 Å². The van der Waals surface area contributed by atoms with Crippen molar-refractivity contribution in [1.82, 2.24) is 0 Å². The molecule has 0 unspecified atom stereocenters. The highest BCUT2D eigenvalue weighted by Crippen LogP contribution is 2.36. The van der Waals surface area contributed by atoms with Gasteiger partial charge in [-0.2, -0.15) is 13.2 Å². The number of rotatable bonds is 5. The van der Waals surface area contributed by atoms with Gasteiger partial charge in [0.1, 0.15) is 0 Å². The van der Waals surface area contributed by atoms with Crippen LogP contribution in [0.4, 0.5) is 13.2 Å². The Hall–Kier alpha value is -0.490. The quantitative estimate of drug-likeness (QED) is 0.820. The monoisotopic (exact) mass is 345 g/mol. The Morgan fingerprint density at radius 2 is 1.81 bits per heavy atom. The van der Waals surface area contributed by atoms with E-state index >= 15 is 0 Å². The van der Waals surface area contributed by atoms with Gasteiger partial charge in [-0.15, -0.1) is 12.4 Å². The average Bonchev–Trinajstić information content (AvgIpc) is 2.33. The van der Waals surface area contributed by atoms with E-state index in [9.17, 15) is 18.3 Å². The summed E-state index contributed by atoms with van der Waals surface area (Å²) in [5.74, 6) is 0.424. The van der Waals surface area contributed by atoms with E-state index < -0.39 is 28.9 Å². The van der Waals surface area contributed by atoms with E-state index in [1.54, 1.807) is 0 Å². The highest BCUT2D eigenvalue weighted by Gasteiger charge is 2.33. The van der Waals surface area contributed by atoms with Crippen LogP contribution in [0.1, 0.15) is 43.9 Å². The van der Waals surface area contributed by atoms with Crippen molar-refractivity contribution in [3.63, 3.8) is 0 Å². The molecule has 1 rings (SSSR count). The van der Waals surface area contributed by atoms with Gasteiger partial charge >= 0.3 is 6.18 Å². The molecule has 1 aromatic carbocycles. The van der Waals surface area contributed by atoms with Crippen molar-refractivity contribution in [2.75, 3.05) is 0 Å². The number of aliphatic hydroxyl groups is 1. The number of nitrogens with two attached hydrogens (primary N) is 1. The Kier molecular flexibility index (Phi) is 8.03. The van der Waals surface area contributed by atoms with Crippen molar-refractivity contribution in [1.29, 1.82) is 0 Å². The largest absolute Gasteiger partial charge is 0.417 e. The van der Waals surface area contributed by atoms with Gasteiger partial charge in [0, 0.05) is 0 Å². The van der Waals surface area contributed by atoms with Crippen LogP contribution in [0, 0.1) is 5.92 Å². The second-order valence-corrected chi connectivity index (χ2v) is 5.71. The van der Waals surface area contributed by atoms with Gasteiger partial charge < -0.3 is 10.8 Å². The van der Waals surface area contributed by atoms with Gasteiger partial charge in [-0.05, 0) is 36.5 Å². The first-order valence-corrected chi connectivity index (χ1v) is 6.81. The summed E-state index contributed by atoms with van der Waals surface area (Å²) in [5, 5.41) is 9.55. The van der Waals surface area contributed by atoms with E-state index in [4.69, 9.17) is 17.3 Å². The summed E-state index contributed by atoms with van der Waals surface area (Å²) in [7, 11) is 0. The molecular weight excluding hydrogens is 326 g/mol. The standard InChI is InChI=1S/C14H19ClF3NO.ClH/c1-8(2)3-6-12(20)13(19)9-4-5-10(11(15)7-9)14(16,17)18;/h4-5,7-8,12-13,20H,3,6,19H2,1-2H3;1H/t12-,13+;/m0./s1. The second-order valence-electron chi connectivity index (χ2n) is 5.30. The molecule has 0 amide bonds. The van der Waals surface area contributed by atoms with Crippen molar-refractivity contribution in [2.24, 2.45) is 11.7 Å². The van der Waals surface area contributed by atoms with E-state index in [1.807, 2.05) is 13.8 Å². The summed E-state index contributed by atoms with van der Waals surface area (Å²) in [5.41, 5.74) is 5.37. The summed E-state index contributed by atoms with van der Waals surface area (Å²) in [4.78, 5) is 0. The molecule has 0 heterocycles. The maximum absolute atomic E-state index is 12.6. The van der Waals surface area contributed by atoms with Crippen LogP contribution in [0.3, 0.4) is 0 Å². The first-order valence-electron chi connectivity index (χ1n) is 6.43. The lowest BCUT2D eigenvalue weighted by molar-refractivity contribution is -0.137. The fraction of sp³-hybridized carbons (Fsp3) is 0.571. The summed E-state index contributed by atoms with van der Waals surface area (Å²) in [6.07, 6.45) is -4.00. The summed E-state index contributed by atoms with van der Waals surface area (Å²) < 4.78 is 37.8. The third kappa shape index (κ3) is 6.02. The first kappa shape index (κ1) is 20.5. The Bertz CT molecular complexity index is 452. The van der Waals surface area contributed by atoms with Gasteiger partial charge in [-0.3, -0.25) is 0 Å². The van der Waals surface area contributed by atoms with Crippen molar-refractivity contribution in [2.45, 2.75) is 45.0 Å². The molecule has 0 saturated heterocycles. The summed E-state index contributed by atoms with van der Waals surface area (Å²) in [6, 6.07) is 2.59. The molecule has 0 aliphatic rings. The Balaban J connectivity index is 0.00000400. The van der Waals surface area contributed by atoms with Gasteiger partial charge in [0.25, 0.3) is 0 Å². The third-order valence-electron chi connectivity index (χ3n) is 3.14. The van der Waals surface area contributed by atoms with Gasteiger partial charge in [0.2, 0.25) is 0 Å². The van der Waals surface area contributed by atoms with Crippen molar-refractivity contribution in [3.8, 4) is 0 Å². The lowest BCUT2D eigenvalue weighted by Crippen LogP contribution is -2.26. The summed E-state index contributed by atoms with van der Waals surface area (Å²) in [6.45, 7) is 4.04. The number of alkyl halides is 3. The molecule has 0 aliphatic heterocycles. The number of hydrogen-bond donors (Lipinski definition) is 2. The third-order valence-corrected chi connectivity index (χ3v) is 3.45. The molecule has 0 bridgehead atoms. The molecule has 2 nitrogen and oxygen atoms in total. The van der Waals surface area contributed by atoms with Crippen LogP contribution >= 0.6 is 24.0 Å². The summed E-state index contributed by atoms with van der Waals surface area (Å²) >= 11 is 5.63. The zero-order valence-corrected chi connectivity index (χ0v) is 13.4. The van der Waals surface area contributed by atoms with Crippen LogP contribution in [0.15, 0.2) is 18.2 Å². The molecule has 3 N–H and O–H groups in total. The molecule has 0 radical (unpaired) electrons. The van der Waals surface area contributed by atoms with Crippen LogP contribution in [0.2, 0.25) is 5.02 Å². The maximum Gasteiger partial charge on any atom is 0.417 e. The SMILES string of the molecule is CC(C)CC[C@H](O)[C@H](N)c1ccc(C(F)(F)F)c(Cl)c1.Cl. The molecule has 122 valence electrons. The highest BCUT2D eigenvalue weighted by molar-refractivity contribution is 6.31. The van der Waals surface area contributed by atoms with Crippen molar-refractivity contribution in [3.05, 3.63) is 34.3 Å². The van der Waals surface area contributed by atoms with Gasteiger partial charge in [-0.25, -0.2) is 0 Å². The highest BCUT2D eigenvalue weighted by atomic mass is 35.5. The topological polar surface area (TPSA) is 46.2 Å². The van der Waals surface area contributed by atoms with E-state index in [0.29, 0.717) is 17.9 Å². The van der Waals surface area contributed by atoms with Gasteiger partial charge in [0.05, 0.1) is 22.7 Å². The van der Waals surface area contributed by atoms with Crippen LogP contribution in [0.25, 0.3) is 0 Å². The number of hydrogen-bond acceptors (Lipinski definition) is 2. The fourth-order valence-corrected chi connectivity index (χ4v) is 2.17. The maximum atomic E-state index is 12.6.